The van der Waals surface area contributed by atoms with Crippen LogP contribution in [-0.4, -0.2) is 52.2 Å². The third-order valence-electron chi connectivity index (χ3n) is 3.72. The fourth-order valence-corrected chi connectivity index (χ4v) is 2.27. The Bertz CT molecular complexity index is 311. The van der Waals surface area contributed by atoms with Crippen LogP contribution >= 0.6 is 0 Å². The second-order valence-electron chi connectivity index (χ2n) is 5.74. The number of rotatable bonds is 13. The maximum Gasteiger partial charge on any atom is 0.254 e. The van der Waals surface area contributed by atoms with Crippen LogP contribution < -0.4 is 5.73 Å². The van der Waals surface area contributed by atoms with Crippen LogP contribution in [0.4, 0.5) is 0 Å². The maximum absolute atomic E-state index is 12.2. The van der Waals surface area contributed by atoms with E-state index < -0.39 is 24.0 Å². The molecule has 2 amide bonds. The van der Waals surface area contributed by atoms with Gasteiger partial charge in [-0.05, 0) is 12.8 Å². The molecule has 0 aliphatic carbocycles. The lowest BCUT2D eigenvalue weighted by Crippen LogP contribution is -2.50. The zero-order valence-electron chi connectivity index (χ0n) is 14.0. The number of aliphatic hydroxyl groups excluding tert-OH is 2. The van der Waals surface area contributed by atoms with Crippen molar-refractivity contribution in [3.8, 4) is 0 Å². The molecule has 0 heterocycles. The Kier molecular flexibility index (Phi) is 11.8. The number of primary amides is 1. The van der Waals surface area contributed by atoms with Crippen LogP contribution in [0.15, 0.2) is 0 Å². The van der Waals surface area contributed by atoms with E-state index in [0.29, 0.717) is 13.1 Å². The molecule has 22 heavy (non-hydrogen) atoms. The molecular formula is C16H32N2O4. The minimum Gasteiger partial charge on any atom is -0.380 e. The van der Waals surface area contributed by atoms with Gasteiger partial charge in [-0.2, -0.15) is 0 Å². The highest BCUT2D eigenvalue weighted by molar-refractivity contribution is 5.89. The number of hydrogen-bond donors (Lipinski definition) is 3. The van der Waals surface area contributed by atoms with Gasteiger partial charge in [-0.3, -0.25) is 9.59 Å². The molecule has 0 rings (SSSR count). The van der Waals surface area contributed by atoms with Crippen molar-refractivity contribution in [1.29, 1.82) is 0 Å². The molecule has 0 aromatic heterocycles. The van der Waals surface area contributed by atoms with Crippen molar-refractivity contribution in [2.45, 2.75) is 77.4 Å². The van der Waals surface area contributed by atoms with Crippen molar-refractivity contribution in [3.05, 3.63) is 0 Å². The minimum absolute atomic E-state index is 0.535. The van der Waals surface area contributed by atoms with Crippen LogP contribution in [0.3, 0.4) is 0 Å². The van der Waals surface area contributed by atoms with Crippen molar-refractivity contribution in [3.63, 3.8) is 0 Å². The van der Waals surface area contributed by atoms with E-state index in [0.717, 1.165) is 51.4 Å². The summed E-state index contributed by atoms with van der Waals surface area (Å²) in [4.78, 5) is 24.7. The molecule has 6 nitrogen and oxygen atoms in total. The molecule has 0 spiro atoms. The second kappa shape index (κ2) is 12.4. The average molecular weight is 316 g/mol. The molecule has 0 bridgehead atoms. The van der Waals surface area contributed by atoms with E-state index >= 15 is 0 Å². The molecule has 0 fully saturated rings. The van der Waals surface area contributed by atoms with Gasteiger partial charge >= 0.3 is 0 Å². The lowest BCUT2D eigenvalue weighted by atomic mass is 10.1. The number of aliphatic hydroxyl groups is 2. The van der Waals surface area contributed by atoms with Crippen LogP contribution in [-0.2, 0) is 9.59 Å². The Morgan fingerprint density at radius 2 is 1.32 bits per heavy atom. The standard InChI is InChI=1S/C16H32N2O4/c1-3-5-7-9-11-18(12-10-8-6-4-2)16(22)14(20)13(19)15(17)21/h13-14,19-20H,3-12H2,1-2H3,(H2,17,21)/t13-,14-/m1/s1. The highest BCUT2D eigenvalue weighted by Gasteiger charge is 2.31. The minimum atomic E-state index is -1.85. The second-order valence-corrected chi connectivity index (χ2v) is 5.74. The molecule has 0 saturated carbocycles. The predicted octanol–water partition coefficient (Wildman–Crippen LogP) is 1.18. The monoisotopic (exact) mass is 316 g/mol. The third-order valence-corrected chi connectivity index (χ3v) is 3.72. The van der Waals surface area contributed by atoms with Gasteiger partial charge in [-0.15, -0.1) is 0 Å². The van der Waals surface area contributed by atoms with E-state index in [1.54, 1.807) is 4.90 Å². The van der Waals surface area contributed by atoms with Gasteiger partial charge in [0.2, 0.25) is 5.91 Å². The van der Waals surface area contributed by atoms with E-state index in [2.05, 4.69) is 13.8 Å². The van der Waals surface area contributed by atoms with Crippen LogP contribution in [0.2, 0.25) is 0 Å². The Balaban J connectivity index is 4.51. The molecular weight excluding hydrogens is 284 g/mol. The summed E-state index contributed by atoms with van der Waals surface area (Å²) in [5.41, 5.74) is 4.93. The van der Waals surface area contributed by atoms with E-state index in [9.17, 15) is 19.8 Å². The van der Waals surface area contributed by atoms with Crippen molar-refractivity contribution < 1.29 is 19.8 Å². The molecule has 0 radical (unpaired) electrons. The first-order valence-electron chi connectivity index (χ1n) is 8.39. The summed E-state index contributed by atoms with van der Waals surface area (Å²) in [5, 5.41) is 19.3. The van der Waals surface area contributed by atoms with Gasteiger partial charge in [0, 0.05) is 13.1 Å². The molecule has 6 heteroatoms. The molecule has 0 aliphatic rings. The summed E-state index contributed by atoms with van der Waals surface area (Å²) in [5.74, 6) is -1.70. The van der Waals surface area contributed by atoms with Gasteiger partial charge in [0.25, 0.3) is 5.91 Å². The van der Waals surface area contributed by atoms with Crippen LogP contribution in [0.5, 0.6) is 0 Å². The third kappa shape index (κ3) is 8.34. The number of nitrogens with zero attached hydrogens (tertiary/aromatic N) is 1. The summed E-state index contributed by atoms with van der Waals surface area (Å²) in [6.07, 6.45) is 4.54. The molecule has 0 aromatic carbocycles. The molecule has 2 atom stereocenters. The van der Waals surface area contributed by atoms with Crippen LogP contribution in [0.1, 0.15) is 65.2 Å². The SMILES string of the molecule is CCCCCCN(CCCCCC)C(=O)[C@H](O)[C@@H](O)C(N)=O. The molecule has 130 valence electrons. The van der Waals surface area contributed by atoms with Crippen molar-refractivity contribution in [1.82, 2.24) is 4.90 Å². The van der Waals surface area contributed by atoms with Gasteiger partial charge in [-0.25, -0.2) is 0 Å². The Labute approximate surface area is 133 Å². The molecule has 0 aromatic rings. The summed E-state index contributed by atoms with van der Waals surface area (Å²) >= 11 is 0. The summed E-state index contributed by atoms with van der Waals surface area (Å²) in [6, 6.07) is 0. The van der Waals surface area contributed by atoms with Gasteiger partial charge in [-0.1, -0.05) is 52.4 Å². The van der Waals surface area contributed by atoms with Gasteiger partial charge in [0.15, 0.2) is 12.2 Å². The Morgan fingerprint density at radius 1 is 0.864 bits per heavy atom. The number of hydrogen-bond acceptors (Lipinski definition) is 4. The summed E-state index contributed by atoms with van der Waals surface area (Å²) in [6.45, 7) is 5.29. The fourth-order valence-electron chi connectivity index (χ4n) is 2.27. The number of carbonyl (C=O) groups excluding carboxylic acids is 2. The number of unbranched alkanes of at least 4 members (excludes halogenated alkanes) is 6. The van der Waals surface area contributed by atoms with E-state index in [4.69, 9.17) is 5.73 Å². The Hall–Kier alpha value is -1.14. The number of amides is 2. The van der Waals surface area contributed by atoms with Gasteiger partial charge in [0.05, 0.1) is 0 Å². The fraction of sp³-hybridized carbons (Fsp3) is 0.875. The zero-order chi connectivity index (χ0) is 17.0. The summed E-state index contributed by atoms with van der Waals surface area (Å²) < 4.78 is 0. The first-order valence-corrected chi connectivity index (χ1v) is 8.39. The highest BCUT2D eigenvalue weighted by Crippen LogP contribution is 2.08. The zero-order valence-corrected chi connectivity index (χ0v) is 14.0. The van der Waals surface area contributed by atoms with Gasteiger partial charge in [0.1, 0.15) is 0 Å². The number of nitrogens with two attached hydrogens (primary N) is 1. The molecule has 0 unspecified atom stereocenters. The van der Waals surface area contributed by atoms with E-state index in [-0.39, 0.29) is 0 Å². The molecule has 0 aliphatic heterocycles. The summed E-state index contributed by atoms with van der Waals surface area (Å²) in [7, 11) is 0. The van der Waals surface area contributed by atoms with E-state index in [1.165, 1.54) is 0 Å². The first kappa shape index (κ1) is 20.9. The largest absolute Gasteiger partial charge is 0.380 e. The molecule has 4 N–H and O–H groups in total. The average Bonchev–Trinajstić information content (AvgIpc) is 2.51. The lowest BCUT2D eigenvalue weighted by molar-refractivity contribution is -0.152. The predicted molar refractivity (Wildman–Crippen MR) is 86.1 cm³/mol. The van der Waals surface area contributed by atoms with Crippen molar-refractivity contribution in [2.24, 2.45) is 5.73 Å². The maximum atomic E-state index is 12.2. The Morgan fingerprint density at radius 3 is 1.68 bits per heavy atom. The highest BCUT2D eigenvalue weighted by atomic mass is 16.3. The molecule has 0 saturated heterocycles. The van der Waals surface area contributed by atoms with Crippen LogP contribution in [0.25, 0.3) is 0 Å². The quantitative estimate of drug-likeness (QED) is 0.444. The number of carbonyl (C=O) groups is 2. The van der Waals surface area contributed by atoms with Crippen molar-refractivity contribution >= 4 is 11.8 Å². The van der Waals surface area contributed by atoms with E-state index in [1.807, 2.05) is 0 Å². The smallest absolute Gasteiger partial charge is 0.254 e. The van der Waals surface area contributed by atoms with Gasteiger partial charge < -0.3 is 20.8 Å². The van der Waals surface area contributed by atoms with Crippen molar-refractivity contribution in [2.75, 3.05) is 13.1 Å². The van der Waals surface area contributed by atoms with Crippen LogP contribution in [0, 0.1) is 0 Å². The first-order chi connectivity index (χ1) is 10.5. The normalized spacial score (nSPS) is 13.6. The topological polar surface area (TPSA) is 104 Å². The lowest BCUT2D eigenvalue weighted by Gasteiger charge is -2.26.